The van der Waals surface area contributed by atoms with E-state index in [-0.39, 0.29) is 5.25 Å². The first-order chi connectivity index (χ1) is 2.80. The first-order valence-corrected chi connectivity index (χ1v) is 2.71. The van der Waals surface area contributed by atoms with Crippen LogP contribution in [0.1, 0.15) is 0 Å². The second kappa shape index (κ2) is 1.17. The van der Waals surface area contributed by atoms with Gasteiger partial charge < -0.3 is 4.55 Å². The number of hydrogen-bond acceptors (Lipinski definition) is 2. The zero-order chi connectivity index (χ0) is 4.57. The Morgan fingerprint density at radius 2 is 2.17 bits per heavy atom. The van der Waals surface area contributed by atoms with Crippen molar-refractivity contribution in [2.75, 3.05) is 0 Å². The van der Waals surface area contributed by atoms with Crippen LogP contribution in [0.3, 0.4) is 0 Å². The highest BCUT2D eigenvalue weighted by atomic mass is 32.2. The van der Waals surface area contributed by atoms with E-state index in [0.29, 0.717) is 0 Å². The lowest BCUT2D eigenvalue weighted by atomic mass is 10.9. The lowest BCUT2D eigenvalue weighted by molar-refractivity contribution is 0.537. The molecule has 0 aliphatic heterocycles. The Balaban J connectivity index is 2.35. The Hall–Kier alpha value is -0.150. The van der Waals surface area contributed by atoms with Gasteiger partial charge in [0.1, 0.15) is 0 Å². The van der Waals surface area contributed by atoms with Gasteiger partial charge in [-0.25, -0.2) is 0 Å². The predicted molar refractivity (Wildman–Crippen MR) is 21.8 cm³/mol. The minimum absolute atomic E-state index is 0.231. The molecule has 0 aromatic rings. The summed E-state index contributed by atoms with van der Waals surface area (Å²) in [4.78, 5) is 0. The van der Waals surface area contributed by atoms with Crippen LogP contribution < -0.4 is 0 Å². The standard InChI is InChI=1S/C3H4O2S/c4-6(5)3-1-2-3/h1-3H,(H,4,5)/p-1. The summed E-state index contributed by atoms with van der Waals surface area (Å²) in [5.74, 6) is 0. The van der Waals surface area contributed by atoms with Gasteiger partial charge in [0.15, 0.2) is 0 Å². The second-order valence-electron chi connectivity index (χ2n) is 1.11. The van der Waals surface area contributed by atoms with E-state index in [1.807, 2.05) is 0 Å². The van der Waals surface area contributed by atoms with Crippen LogP contribution in [-0.4, -0.2) is 14.0 Å². The molecule has 1 aliphatic carbocycles. The highest BCUT2D eigenvalue weighted by molar-refractivity contribution is 7.80. The van der Waals surface area contributed by atoms with E-state index in [1.165, 1.54) is 0 Å². The van der Waals surface area contributed by atoms with E-state index < -0.39 is 11.1 Å². The van der Waals surface area contributed by atoms with E-state index in [2.05, 4.69) is 0 Å². The Morgan fingerprint density at radius 1 is 1.67 bits per heavy atom. The first kappa shape index (κ1) is 4.02. The first-order valence-electron chi connectivity index (χ1n) is 1.57. The number of rotatable bonds is 1. The summed E-state index contributed by atoms with van der Waals surface area (Å²) in [5.41, 5.74) is 0. The normalized spacial score (nSPS) is 24.2. The molecule has 0 aromatic carbocycles. The Bertz CT molecular complexity index is 101. The Labute approximate surface area is 38.2 Å². The van der Waals surface area contributed by atoms with Crippen molar-refractivity contribution in [2.45, 2.75) is 5.25 Å². The maximum Gasteiger partial charge on any atom is 0.0577 e. The van der Waals surface area contributed by atoms with Crippen LogP contribution in [0.15, 0.2) is 12.2 Å². The fraction of sp³-hybridized carbons (Fsp3) is 0.333. The van der Waals surface area contributed by atoms with Crippen LogP contribution >= 0.6 is 0 Å². The molecular weight excluding hydrogens is 100 g/mol. The fourth-order valence-electron chi connectivity index (χ4n) is 0.174. The van der Waals surface area contributed by atoms with Gasteiger partial charge in [-0.15, -0.1) is 0 Å². The van der Waals surface area contributed by atoms with Crippen molar-refractivity contribution in [3.63, 3.8) is 0 Å². The van der Waals surface area contributed by atoms with E-state index in [1.54, 1.807) is 12.2 Å². The minimum Gasteiger partial charge on any atom is -0.772 e. The van der Waals surface area contributed by atoms with Crippen LogP contribution in [0.5, 0.6) is 0 Å². The smallest absolute Gasteiger partial charge is 0.0577 e. The molecule has 1 aliphatic rings. The molecule has 6 heavy (non-hydrogen) atoms. The van der Waals surface area contributed by atoms with Gasteiger partial charge in [0.25, 0.3) is 0 Å². The molecule has 0 heterocycles. The third-order valence-electron chi connectivity index (χ3n) is 0.572. The summed E-state index contributed by atoms with van der Waals surface area (Å²) >= 11 is -1.87. The molecule has 0 fully saturated rings. The summed E-state index contributed by atoms with van der Waals surface area (Å²) in [6, 6.07) is 0. The topological polar surface area (TPSA) is 40.1 Å². The average molecular weight is 103 g/mol. The monoisotopic (exact) mass is 103 g/mol. The molecule has 0 saturated carbocycles. The molecule has 0 radical (unpaired) electrons. The van der Waals surface area contributed by atoms with E-state index in [9.17, 15) is 8.76 Å². The molecule has 0 saturated heterocycles. The zero-order valence-corrected chi connectivity index (χ0v) is 3.77. The zero-order valence-electron chi connectivity index (χ0n) is 2.96. The van der Waals surface area contributed by atoms with Crippen molar-refractivity contribution < 1.29 is 8.76 Å². The molecule has 0 bridgehead atoms. The van der Waals surface area contributed by atoms with E-state index in [0.717, 1.165) is 0 Å². The van der Waals surface area contributed by atoms with Gasteiger partial charge in [-0.3, -0.25) is 4.21 Å². The predicted octanol–water partition coefficient (Wildman–Crippen LogP) is -0.196. The van der Waals surface area contributed by atoms with Gasteiger partial charge in [-0.05, 0) is 11.1 Å². The SMILES string of the molecule is O=S([O-])C1C=C1. The van der Waals surface area contributed by atoms with Crippen LogP contribution in [0.4, 0.5) is 0 Å². The van der Waals surface area contributed by atoms with Crippen LogP contribution in [0.25, 0.3) is 0 Å². The lowest BCUT2D eigenvalue weighted by Gasteiger charge is -1.97. The van der Waals surface area contributed by atoms with Gasteiger partial charge in [0, 0.05) is 0 Å². The average Bonchev–Trinajstić information content (AvgIpc) is 2.06. The minimum atomic E-state index is -1.87. The van der Waals surface area contributed by atoms with Crippen molar-refractivity contribution in [2.24, 2.45) is 0 Å². The Morgan fingerprint density at radius 3 is 2.17 bits per heavy atom. The Kier molecular flexibility index (Phi) is 0.782. The van der Waals surface area contributed by atoms with Crippen molar-refractivity contribution in [1.82, 2.24) is 0 Å². The van der Waals surface area contributed by atoms with E-state index >= 15 is 0 Å². The summed E-state index contributed by atoms with van der Waals surface area (Å²) in [7, 11) is 0. The molecule has 1 rings (SSSR count). The van der Waals surface area contributed by atoms with Crippen LogP contribution in [-0.2, 0) is 11.1 Å². The lowest BCUT2D eigenvalue weighted by Crippen LogP contribution is -1.93. The summed E-state index contributed by atoms with van der Waals surface area (Å²) in [5, 5.41) is -0.231. The molecule has 0 N–H and O–H groups in total. The third-order valence-corrected chi connectivity index (χ3v) is 1.33. The van der Waals surface area contributed by atoms with Crippen LogP contribution in [0, 0.1) is 0 Å². The summed E-state index contributed by atoms with van der Waals surface area (Å²) in [6.45, 7) is 0. The van der Waals surface area contributed by atoms with Crippen molar-refractivity contribution in [3.05, 3.63) is 12.2 Å². The third kappa shape index (κ3) is 0.666. The van der Waals surface area contributed by atoms with Gasteiger partial charge in [0.05, 0.1) is 5.25 Å². The van der Waals surface area contributed by atoms with Gasteiger partial charge in [0.2, 0.25) is 0 Å². The van der Waals surface area contributed by atoms with E-state index in [4.69, 9.17) is 0 Å². The van der Waals surface area contributed by atoms with Gasteiger partial charge >= 0.3 is 0 Å². The largest absolute Gasteiger partial charge is 0.772 e. The van der Waals surface area contributed by atoms with Gasteiger partial charge in [-0.1, -0.05) is 12.2 Å². The molecular formula is C3H3O2S-. The van der Waals surface area contributed by atoms with Crippen molar-refractivity contribution in [1.29, 1.82) is 0 Å². The number of hydrogen-bond donors (Lipinski definition) is 0. The van der Waals surface area contributed by atoms with Crippen molar-refractivity contribution in [3.8, 4) is 0 Å². The fourth-order valence-corrected chi connectivity index (χ4v) is 0.521. The summed E-state index contributed by atoms with van der Waals surface area (Å²) in [6.07, 6.45) is 3.26. The van der Waals surface area contributed by atoms with Gasteiger partial charge in [-0.2, -0.15) is 0 Å². The molecule has 1 unspecified atom stereocenters. The molecule has 0 spiro atoms. The highest BCUT2D eigenvalue weighted by Gasteiger charge is 2.08. The molecule has 34 valence electrons. The molecule has 1 atom stereocenters. The maximum atomic E-state index is 9.70. The quantitative estimate of drug-likeness (QED) is 0.340. The molecule has 0 amide bonds. The molecule has 2 nitrogen and oxygen atoms in total. The second-order valence-corrected chi connectivity index (χ2v) is 2.18. The van der Waals surface area contributed by atoms with Crippen molar-refractivity contribution >= 4 is 11.1 Å². The highest BCUT2D eigenvalue weighted by Crippen LogP contribution is 2.10. The molecule has 3 heteroatoms. The summed E-state index contributed by atoms with van der Waals surface area (Å²) < 4.78 is 19.4. The molecule has 0 aromatic heterocycles. The maximum absolute atomic E-state index is 9.70. The van der Waals surface area contributed by atoms with Crippen LogP contribution in [0.2, 0.25) is 0 Å².